The molecule has 0 saturated heterocycles. The van der Waals surface area contributed by atoms with E-state index in [2.05, 4.69) is 0 Å². The Hall–Kier alpha value is -1.44. The third-order valence-electron chi connectivity index (χ3n) is 2.75. The number of rotatable bonds is 3. The van der Waals surface area contributed by atoms with E-state index in [9.17, 15) is 9.59 Å². The first-order valence-electron chi connectivity index (χ1n) is 5.06. The molecule has 0 N–H and O–H groups in total. The first-order chi connectivity index (χ1) is 6.95. The van der Waals surface area contributed by atoms with Gasteiger partial charge in [0.25, 0.3) is 0 Å². The van der Waals surface area contributed by atoms with Crippen molar-refractivity contribution >= 4 is 11.6 Å². The summed E-state index contributed by atoms with van der Waals surface area (Å²) in [6.45, 7) is 6.87. The topological polar surface area (TPSA) is 34.1 Å². The van der Waals surface area contributed by atoms with Gasteiger partial charge in [0.05, 0.1) is 0 Å². The first kappa shape index (κ1) is 11.6. The van der Waals surface area contributed by atoms with Crippen LogP contribution in [0.2, 0.25) is 0 Å². The minimum absolute atomic E-state index is 0.0156. The number of ketones is 2. The van der Waals surface area contributed by atoms with Gasteiger partial charge < -0.3 is 0 Å². The van der Waals surface area contributed by atoms with Crippen molar-refractivity contribution in [1.29, 1.82) is 0 Å². The number of benzene rings is 1. The zero-order valence-corrected chi connectivity index (χ0v) is 9.63. The minimum Gasteiger partial charge on any atom is -0.299 e. The van der Waals surface area contributed by atoms with Crippen LogP contribution in [0.25, 0.3) is 0 Å². The molecule has 0 heterocycles. The molecule has 1 aromatic carbocycles. The highest BCUT2D eigenvalue weighted by Crippen LogP contribution is 2.24. The molecule has 0 aliphatic heterocycles. The van der Waals surface area contributed by atoms with Crippen LogP contribution >= 0.6 is 0 Å². The Balaban J connectivity index is 3.37. The van der Waals surface area contributed by atoms with Crippen LogP contribution in [0.3, 0.4) is 0 Å². The van der Waals surface area contributed by atoms with Crippen LogP contribution in [-0.2, 0) is 4.79 Å². The summed E-state index contributed by atoms with van der Waals surface area (Å²) in [6, 6.07) is 5.56. The van der Waals surface area contributed by atoms with Gasteiger partial charge in [0.2, 0.25) is 0 Å². The van der Waals surface area contributed by atoms with Gasteiger partial charge in [-0.15, -0.1) is 0 Å². The maximum Gasteiger partial charge on any atom is 0.160 e. The predicted octanol–water partition coefficient (Wildman–Crippen LogP) is 2.89. The van der Waals surface area contributed by atoms with Crippen LogP contribution in [-0.4, -0.2) is 11.6 Å². The summed E-state index contributed by atoms with van der Waals surface area (Å²) in [7, 11) is 0. The van der Waals surface area contributed by atoms with Crippen molar-refractivity contribution < 1.29 is 9.59 Å². The van der Waals surface area contributed by atoms with Gasteiger partial charge in [0.1, 0.15) is 5.78 Å². The maximum atomic E-state index is 11.4. The molecule has 0 fully saturated rings. The average molecular weight is 204 g/mol. The molecular formula is C13H16O2. The van der Waals surface area contributed by atoms with Crippen LogP contribution in [0.15, 0.2) is 18.2 Å². The second-order valence-corrected chi connectivity index (χ2v) is 3.92. The highest BCUT2D eigenvalue weighted by molar-refractivity contribution is 5.98. The van der Waals surface area contributed by atoms with Gasteiger partial charge in [0, 0.05) is 11.5 Å². The van der Waals surface area contributed by atoms with Gasteiger partial charge in [-0.3, -0.25) is 9.59 Å². The highest BCUT2D eigenvalue weighted by atomic mass is 16.1. The molecule has 0 aliphatic carbocycles. The number of aryl methyl sites for hydroxylation is 1. The zero-order valence-electron chi connectivity index (χ0n) is 9.63. The SMILES string of the molecule is CC(=O)c1cccc(C)c1C(C)C(C)=O. The molecule has 0 amide bonds. The Morgan fingerprint density at radius 3 is 2.27 bits per heavy atom. The normalized spacial score (nSPS) is 12.3. The van der Waals surface area contributed by atoms with Crippen LogP contribution in [0.4, 0.5) is 0 Å². The lowest BCUT2D eigenvalue weighted by atomic mass is 9.88. The third-order valence-corrected chi connectivity index (χ3v) is 2.75. The fraction of sp³-hybridized carbons (Fsp3) is 0.385. The highest BCUT2D eigenvalue weighted by Gasteiger charge is 2.18. The van der Waals surface area contributed by atoms with Gasteiger partial charge >= 0.3 is 0 Å². The number of hydrogen-bond donors (Lipinski definition) is 0. The summed E-state index contributed by atoms with van der Waals surface area (Å²) in [5.41, 5.74) is 2.54. The van der Waals surface area contributed by atoms with E-state index >= 15 is 0 Å². The molecule has 0 saturated carbocycles. The van der Waals surface area contributed by atoms with E-state index in [0.29, 0.717) is 5.56 Å². The zero-order chi connectivity index (χ0) is 11.6. The van der Waals surface area contributed by atoms with Gasteiger partial charge in [-0.2, -0.15) is 0 Å². The molecule has 0 bridgehead atoms. The van der Waals surface area contributed by atoms with E-state index in [4.69, 9.17) is 0 Å². The largest absolute Gasteiger partial charge is 0.299 e. The molecule has 1 atom stereocenters. The van der Waals surface area contributed by atoms with Crippen molar-refractivity contribution in [3.8, 4) is 0 Å². The van der Waals surface area contributed by atoms with Crippen molar-refractivity contribution in [3.05, 3.63) is 34.9 Å². The molecule has 80 valence electrons. The molecule has 1 unspecified atom stereocenters. The number of carbonyl (C=O) groups excluding carboxylic acids is 2. The van der Waals surface area contributed by atoms with Crippen LogP contribution in [0.5, 0.6) is 0 Å². The molecule has 0 spiro atoms. The van der Waals surface area contributed by atoms with Crippen LogP contribution in [0, 0.1) is 6.92 Å². The Morgan fingerprint density at radius 1 is 1.20 bits per heavy atom. The van der Waals surface area contributed by atoms with Crippen LogP contribution < -0.4 is 0 Å². The number of carbonyl (C=O) groups is 2. The summed E-state index contributed by atoms with van der Waals surface area (Å²) < 4.78 is 0. The summed E-state index contributed by atoms with van der Waals surface area (Å²) in [5.74, 6) is -0.0984. The lowest BCUT2D eigenvalue weighted by Gasteiger charge is -2.15. The molecule has 1 aromatic rings. The van der Waals surface area contributed by atoms with E-state index in [0.717, 1.165) is 11.1 Å². The third kappa shape index (κ3) is 2.32. The molecule has 2 heteroatoms. The maximum absolute atomic E-state index is 11.4. The average Bonchev–Trinajstić information content (AvgIpc) is 2.16. The summed E-state index contributed by atoms with van der Waals surface area (Å²) in [5, 5.41) is 0. The lowest BCUT2D eigenvalue weighted by molar-refractivity contribution is -0.118. The molecular weight excluding hydrogens is 188 g/mol. The van der Waals surface area contributed by atoms with E-state index in [1.165, 1.54) is 6.92 Å². The monoisotopic (exact) mass is 204 g/mol. The summed E-state index contributed by atoms with van der Waals surface area (Å²) in [4.78, 5) is 22.8. The smallest absolute Gasteiger partial charge is 0.160 e. The quantitative estimate of drug-likeness (QED) is 0.709. The number of Topliss-reactive ketones (excluding diaryl/α,β-unsaturated/α-hetero) is 2. The second kappa shape index (κ2) is 4.39. The van der Waals surface area contributed by atoms with E-state index in [1.807, 2.05) is 26.0 Å². The molecule has 0 aromatic heterocycles. The Kier molecular flexibility index (Phi) is 3.40. The van der Waals surface area contributed by atoms with Crippen molar-refractivity contribution in [1.82, 2.24) is 0 Å². The van der Waals surface area contributed by atoms with Crippen molar-refractivity contribution in [3.63, 3.8) is 0 Å². The lowest BCUT2D eigenvalue weighted by Crippen LogP contribution is -2.11. The van der Waals surface area contributed by atoms with Gasteiger partial charge in [-0.25, -0.2) is 0 Å². The molecule has 0 aliphatic rings. The minimum atomic E-state index is -0.204. The fourth-order valence-electron chi connectivity index (χ4n) is 1.77. The Bertz CT molecular complexity index is 405. The van der Waals surface area contributed by atoms with E-state index in [1.54, 1.807) is 13.0 Å². The second-order valence-electron chi connectivity index (χ2n) is 3.92. The number of hydrogen-bond acceptors (Lipinski definition) is 2. The van der Waals surface area contributed by atoms with E-state index in [-0.39, 0.29) is 17.5 Å². The predicted molar refractivity (Wildman–Crippen MR) is 60.3 cm³/mol. The van der Waals surface area contributed by atoms with Crippen molar-refractivity contribution in [2.75, 3.05) is 0 Å². The Morgan fingerprint density at radius 2 is 1.80 bits per heavy atom. The molecule has 15 heavy (non-hydrogen) atoms. The summed E-state index contributed by atoms with van der Waals surface area (Å²) in [6.07, 6.45) is 0. The summed E-state index contributed by atoms with van der Waals surface area (Å²) >= 11 is 0. The van der Waals surface area contributed by atoms with E-state index < -0.39 is 0 Å². The van der Waals surface area contributed by atoms with Crippen molar-refractivity contribution in [2.24, 2.45) is 0 Å². The molecule has 1 rings (SSSR count). The first-order valence-corrected chi connectivity index (χ1v) is 5.06. The standard InChI is InChI=1S/C13H16O2/c1-8-6-5-7-12(11(4)15)13(8)9(2)10(3)14/h5-7,9H,1-4H3. The van der Waals surface area contributed by atoms with Gasteiger partial charge in [-0.05, 0) is 31.9 Å². The van der Waals surface area contributed by atoms with Gasteiger partial charge in [-0.1, -0.05) is 25.1 Å². The van der Waals surface area contributed by atoms with Gasteiger partial charge in [0.15, 0.2) is 5.78 Å². The Labute approximate surface area is 90.3 Å². The van der Waals surface area contributed by atoms with Crippen LogP contribution in [0.1, 0.15) is 48.2 Å². The molecule has 0 radical (unpaired) electrons. The molecule has 2 nitrogen and oxygen atoms in total. The van der Waals surface area contributed by atoms with Crippen molar-refractivity contribution in [2.45, 2.75) is 33.6 Å². The fourth-order valence-corrected chi connectivity index (χ4v) is 1.77.